The van der Waals surface area contributed by atoms with Gasteiger partial charge in [0.2, 0.25) is 5.95 Å². The SMILES string of the molecule is Nc1nc2c(c(N3CCc4ccccc43)n1)CNC2. The minimum Gasteiger partial charge on any atom is -0.368 e. The van der Waals surface area contributed by atoms with Gasteiger partial charge in [-0.1, -0.05) is 18.2 Å². The van der Waals surface area contributed by atoms with Crippen molar-refractivity contribution in [3.63, 3.8) is 0 Å². The number of fused-ring (bicyclic) bond motifs is 2. The summed E-state index contributed by atoms with van der Waals surface area (Å²) in [5, 5.41) is 3.32. The van der Waals surface area contributed by atoms with E-state index in [0.29, 0.717) is 5.95 Å². The van der Waals surface area contributed by atoms with Crippen molar-refractivity contribution in [2.75, 3.05) is 17.2 Å². The molecule has 19 heavy (non-hydrogen) atoms. The molecule has 1 aromatic heterocycles. The highest BCUT2D eigenvalue weighted by Gasteiger charge is 2.27. The first-order valence-corrected chi connectivity index (χ1v) is 6.54. The molecule has 0 atom stereocenters. The first kappa shape index (κ1) is 10.8. The predicted octanol–water partition coefficient (Wildman–Crippen LogP) is 1.36. The number of rotatable bonds is 1. The van der Waals surface area contributed by atoms with Crippen LogP contribution >= 0.6 is 0 Å². The maximum absolute atomic E-state index is 5.84. The molecule has 0 fully saturated rings. The van der Waals surface area contributed by atoms with Crippen LogP contribution in [0.3, 0.4) is 0 Å². The van der Waals surface area contributed by atoms with Crippen LogP contribution in [-0.2, 0) is 19.5 Å². The number of para-hydroxylation sites is 1. The number of nitrogens with zero attached hydrogens (tertiary/aromatic N) is 3. The summed E-state index contributed by atoms with van der Waals surface area (Å²) in [5.41, 5.74) is 10.7. The summed E-state index contributed by atoms with van der Waals surface area (Å²) >= 11 is 0. The molecule has 96 valence electrons. The Kier molecular flexibility index (Phi) is 2.22. The highest BCUT2D eigenvalue weighted by Crippen LogP contribution is 2.36. The fraction of sp³-hybridized carbons (Fsp3) is 0.286. The van der Waals surface area contributed by atoms with E-state index in [0.717, 1.165) is 37.6 Å². The van der Waals surface area contributed by atoms with Crippen molar-refractivity contribution in [1.82, 2.24) is 15.3 Å². The predicted molar refractivity (Wildman–Crippen MR) is 74.1 cm³/mol. The van der Waals surface area contributed by atoms with E-state index in [1.54, 1.807) is 0 Å². The minimum absolute atomic E-state index is 0.363. The lowest BCUT2D eigenvalue weighted by Gasteiger charge is -2.21. The molecule has 2 aromatic rings. The summed E-state index contributed by atoms with van der Waals surface area (Å²) in [6, 6.07) is 8.48. The number of hydrogen-bond acceptors (Lipinski definition) is 5. The Balaban J connectivity index is 1.87. The van der Waals surface area contributed by atoms with Crippen molar-refractivity contribution in [3.8, 4) is 0 Å². The molecule has 2 aliphatic rings. The molecule has 3 heterocycles. The van der Waals surface area contributed by atoms with Crippen molar-refractivity contribution >= 4 is 17.5 Å². The molecule has 0 saturated carbocycles. The number of benzene rings is 1. The number of anilines is 3. The van der Waals surface area contributed by atoms with E-state index in [1.807, 2.05) is 0 Å². The smallest absolute Gasteiger partial charge is 0.222 e. The molecule has 2 aliphatic heterocycles. The zero-order valence-electron chi connectivity index (χ0n) is 10.6. The highest BCUT2D eigenvalue weighted by atomic mass is 15.2. The van der Waals surface area contributed by atoms with Gasteiger partial charge in [0.25, 0.3) is 0 Å². The van der Waals surface area contributed by atoms with Gasteiger partial charge >= 0.3 is 0 Å². The third-order valence-corrected chi connectivity index (χ3v) is 3.83. The second-order valence-corrected chi connectivity index (χ2v) is 4.96. The lowest BCUT2D eigenvalue weighted by molar-refractivity contribution is 0.757. The third kappa shape index (κ3) is 1.58. The number of hydrogen-bond donors (Lipinski definition) is 2. The average molecular weight is 253 g/mol. The van der Waals surface area contributed by atoms with Crippen molar-refractivity contribution in [3.05, 3.63) is 41.1 Å². The second-order valence-electron chi connectivity index (χ2n) is 4.96. The van der Waals surface area contributed by atoms with Crippen LogP contribution < -0.4 is 16.0 Å². The van der Waals surface area contributed by atoms with Crippen LogP contribution in [0.25, 0.3) is 0 Å². The first-order valence-electron chi connectivity index (χ1n) is 6.54. The summed E-state index contributed by atoms with van der Waals surface area (Å²) in [6.45, 7) is 2.57. The Hall–Kier alpha value is -2.14. The van der Waals surface area contributed by atoms with Crippen LogP contribution in [0, 0.1) is 0 Å². The van der Waals surface area contributed by atoms with Crippen molar-refractivity contribution in [1.29, 1.82) is 0 Å². The van der Waals surface area contributed by atoms with E-state index >= 15 is 0 Å². The molecule has 0 spiro atoms. The molecule has 5 nitrogen and oxygen atoms in total. The van der Waals surface area contributed by atoms with Crippen molar-refractivity contribution < 1.29 is 0 Å². The molecule has 0 radical (unpaired) electrons. The Morgan fingerprint density at radius 2 is 2.05 bits per heavy atom. The maximum Gasteiger partial charge on any atom is 0.222 e. The van der Waals surface area contributed by atoms with Gasteiger partial charge in [-0.15, -0.1) is 0 Å². The average Bonchev–Trinajstić information content (AvgIpc) is 3.03. The summed E-state index contributed by atoms with van der Waals surface area (Å²) in [7, 11) is 0. The molecule has 0 saturated heterocycles. The van der Waals surface area contributed by atoms with Crippen molar-refractivity contribution in [2.24, 2.45) is 0 Å². The lowest BCUT2D eigenvalue weighted by atomic mass is 10.2. The Morgan fingerprint density at radius 1 is 1.16 bits per heavy atom. The Bertz CT molecular complexity index is 652. The van der Waals surface area contributed by atoms with Gasteiger partial charge in [0.1, 0.15) is 5.82 Å². The van der Waals surface area contributed by atoms with Crippen LogP contribution in [0.1, 0.15) is 16.8 Å². The largest absolute Gasteiger partial charge is 0.368 e. The topological polar surface area (TPSA) is 67.1 Å². The van der Waals surface area contributed by atoms with Crippen LogP contribution in [-0.4, -0.2) is 16.5 Å². The van der Waals surface area contributed by atoms with Gasteiger partial charge in [0.05, 0.1) is 5.69 Å². The van der Waals surface area contributed by atoms with Crippen LogP contribution in [0.15, 0.2) is 24.3 Å². The molecule has 0 amide bonds. The van der Waals surface area contributed by atoms with E-state index in [-0.39, 0.29) is 0 Å². The standard InChI is InChI=1S/C14H15N5/c15-14-17-11-8-16-7-10(11)13(18-14)19-6-5-9-3-1-2-4-12(9)19/h1-4,16H,5-8H2,(H2,15,17,18). The van der Waals surface area contributed by atoms with Gasteiger partial charge < -0.3 is 16.0 Å². The second kappa shape index (κ2) is 3.93. The third-order valence-electron chi connectivity index (χ3n) is 3.83. The highest BCUT2D eigenvalue weighted by molar-refractivity contribution is 5.70. The van der Waals surface area contributed by atoms with Crippen LogP contribution in [0.4, 0.5) is 17.5 Å². The molecular weight excluding hydrogens is 238 g/mol. The monoisotopic (exact) mass is 253 g/mol. The molecular formula is C14H15N5. The fourth-order valence-electron chi connectivity index (χ4n) is 2.95. The van der Waals surface area contributed by atoms with E-state index in [4.69, 9.17) is 5.73 Å². The minimum atomic E-state index is 0.363. The van der Waals surface area contributed by atoms with Crippen LogP contribution in [0.5, 0.6) is 0 Å². The van der Waals surface area contributed by atoms with Gasteiger partial charge in [-0.2, -0.15) is 4.98 Å². The van der Waals surface area contributed by atoms with E-state index in [9.17, 15) is 0 Å². The van der Waals surface area contributed by atoms with Crippen LogP contribution in [0.2, 0.25) is 0 Å². The van der Waals surface area contributed by atoms with E-state index < -0.39 is 0 Å². The maximum atomic E-state index is 5.84. The zero-order valence-corrected chi connectivity index (χ0v) is 10.6. The molecule has 1 aromatic carbocycles. The lowest BCUT2D eigenvalue weighted by Crippen LogP contribution is -2.18. The number of nitrogens with one attached hydrogen (secondary N) is 1. The van der Waals surface area contributed by atoms with Gasteiger partial charge in [-0.25, -0.2) is 4.98 Å². The molecule has 0 bridgehead atoms. The Labute approximate surface area is 111 Å². The Morgan fingerprint density at radius 3 is 3.00 bits per heavy atom. The number of nitrogen functional groups attached to an aromatic ring is 1. The van der Waals surface area contributed by atoms with Gasteiger partial charge in [0, 0.05) is 30.9 Å². The summed E-state index contributed by atoms with van der Waals surface area (Å²) < 4.78 is 0. The molecule has 3 N–H and O–H groups in total. The summed E-state index contributed by atoms with van der Waals surface area (Å²) in [6.07, 6.45) is 1.06. The first-order chi connectivity index (χ1) is 9.33. The number of aromatic nitrogens is 2. The van der Waals surface area contributed by atoms with Gasteiger partial charge in [-0.05, 0) is 18.1 Å². The van der Waals surface area contributed by atoms with Gasteiger partial charge in [-0.3, -0.25) is 0 Å². The van der Waals surface area contributed by atoms with Crippen molar-refractivity contribution in [2.45, 2.75) is 19.5 Å². The molecule has 0 aliphatic carbocycles. The number of nitrogens with two attached hydrogens (primary N) is 1. The molecule has 5 heteroatoms. The fourth-order valence-corrected chi connectivity index (χ4v) is 2.95. The van der Waals surface area contributed by atoms with E-state index in [2.05, 4.69) is 44.5 Å². The van der Waals surface area contributed by atoms with Gasteiger partial charge in [0.15, 0.2) is 0 Å². The summed E-state index contributed by atoms with van der Waals surface area (Å²) in [4.78, 5) is 11.1. The zero-order chi connectivity index (χ0) is 12.8. The van der Waals surface area contributed by atoms with E-state index in [1.165, 1.54) is 16.8 Å². The normalized spacial score (nSPS) is 16.5. The molecule has 0 unspecified atom stereocenters. The molecule has 4 rings (SSSR count). The quantitative estimate of drug-likeness (QED) is 0.803. The summed E-state index contributed by atoms with van der Waals surface area (Å²) in [5.74, 6) is 1.33.